The van der Waals surface area contributed by atoms with Crippen molar-refractivity contribution in [3.05, 3.63) is 35.9 Å². The smallest absolute Gasteiger partial charge is 0.326 e. The Hall–Kier alpha value is -2.37. The van der Waals surface area contributed by atoms with Crippen LogP contribution in [0.15, 0.2) is 30.3 Å². The standard InChI is InChI=1S/C20H29NO5/c1-19(2,3)26-17(23)13-20(4,5)12-16(22)21-15(18(24)25)11-14-9-7-6-8-10-14/h6-10,15H,11-13H2,1-5H3,(H,21,22)(H,24,25)/t15-/m0/s1. The summed E-state index contributed by atoms with van der Waals surface area (Å²) in [6, 6.07) is 8.10. The molecule has 2 N–H and O–H groups in total. The molecule has 144 valence electrons. The second kappa shape index (κ2) is 8.83. The average molecular weight is 363 g/mol. The topological polar surface area (TPSA) is 92.7 Å². The highest BCUT2D eigenvalue weighted by Crippen LogP contribution is 2.26. The summed E-state index contributed by atoms with van der Waals surface area (Å²) in [6.07, 6.45) is 0.313. The van der Waals surface area contributed by atoms with E-state index in [0.29, 0.717) is 0 Å². The Kier molecular flexibility index (Phi) is 7.36. The van der Waals surface area contributed by atoms with Crippen LogP contribution >= 0.6 is 0 Å². The molecule has 1 amide bonds. The second-order valence-corrected chi connectivity index (χ2v) is 8.25. The molecule has 0 saturated heterocycles. The number of esters is 1. The summed E-state index contributed by atoms with van der Waals surface area (Å²) in [5.74, 6) is -1.87. The number of carbonyl (C=O) groups is 3. The predicted octanol–water partition coefficient (Wildman–Crippen LogP) is 2.95. The van der Waals surface area contributed by atoms with Crippen LogP contribution in [0.2, 0.25) is 0 Å². The van der Waals surface area contributed by atoms with Gasteiger partial charge in [0.2, 0.25) is 5.91 Å². The fourth-order valence-corrected chi connectivity index (χ4v) is 2.56. The normalized spacial score (nSPS) is 13.0. The van der Waals surface area contributed by atoms with Gasteiger partial charge in [0.1, 0.15) is 11.6 Å². The average Bonchev–Trinajstić information content (AvgIpc) is 2.43. The van der Waals surface area contributed by atoms with Crippen molar-refractivity contribution in [2.45, 2.75) is 65.5 Å². The molecule has 0 bridgehead atoms. The van der Waals surface area contributed by atoms with E-state index in [1.54, 1.807) is 34.6 Å². The Labute approximate surface area is 154 Å². The number of hydrogen-bond donors (Lipinski definition) is 2. The van der Waals surface area contributed by atoms with Gasteiger partial charge < -0.3 is 15.2 Å². The maximum Gasteiger partial charge on any atom is 0.326 e. The number of carboxylic acids is 1. The van der Waals surface area contributed by atoms with Crippen molar-refractivity contribution in [2.24, 2.45) is 5.41 Å². The van der Waals surface area contributed by atoms with Crippen LogP contribution in [-0.2, 0) is 25.5 Å². The predicted molar refractivity (Wildman–Crippen MR) is 98.6 cm³/mol. The largest absolute Gasteiger partial charge is 0.480 e. The Morgan fingerprint density at radius 2 is 1.62 bits per heavy atom. The summed E-state index contributed by atoms with van der Waals surface area (Å²) in [5, 5.41) is 11.9. The van der Waals surface area contributed by atoms with E-state index in [9.17, 15) is 19.5 Å². The monoisotopic (exact) mass is 363 g/mol. The third-order valence-electron chi connectivity index (χ3n) is 3.60. The molecule has 0 aliphatic rings. The number of ether oxygens (including phenoxy) is 1. The van der Waals surface area contributed by atoms with E-state index in [-0.39, 0.29) is 25.2 Å². The van der Waals surface area contributed by atoms with Gasteiger partial charge >= 0.3 is 11.9 Å². The summed E-state index contributed by atoms with van der Waals surface area (Å²) < 4.78 is 5.29. The quantitative estimate of drug-likeness (QED) is 0.693. The molecular weight excluding hydrogens is 334 g/mol. The molecule has 1 aromatic carbocycles. The highest BCUT2D eigenvalue weighted by Gasteiger charge is 2.30. The number of carbonyl (C=O) groups excluding carboxylic acids is 2. The van der Waals surface area contributed by atoms with Gasteiger partial charge in [0, 0.05) is 12.8 Å². The molecule has 1 rings (SSSR count). The molecule has 0 heterocycles. The fraction of sp³-hybridized carbons (Fsp3) is 0.550. The van der Waals surface area contributed by atoms with E-state index in [1.165, 1.54) is 0 Å². The number of aliphatic carboxylic acids is 1. The number of amides is 1. The van der Waals surface area contributed by atoms with Crippen molar-refractivity contribution >= 4 is 17.8 Å². The van der Waals surface area contributed by atoms with E-state index >= 15 is 0 Å². The molecule has 0 unspecified atom stereocenters. The van der Waals surface area contributed by atoms with Gasteiger partial charge in [-0.3, -0.25) is 9.59 Å². The van der Waals surface area contributed by atoms with Crippen LogP contribution in [0.5, 0.6) is 0 Å². The van der Waals surface area contributed by atoms with Gasteiger partial charge in [0.05, 0.1) is 6.42 Å². The summed E-state index contributed by atoms with van der Waals surface area (Å²) in [5.41, 5.74) is -0.393. The first-order chi connectivity index (χ1) is 11.9. The Morgan fingerprint density at radius 1 is 1.04 bits per heavy atom. The Bertz CT molecular complexity index is 631. The Morgan fingerprint density at radius 3 is 2.12 bits per heavy atom. The maximum atomic E-state index is 12.3. The van der Waals surface area contributed by atoms with Gasteiger partial charge in [-0.15, -0.1) is 0 Å². The van der Waals surface area contributed by atoms with Gasteiger partial charge in [-0.2, -0.15) is 0 Å². The zero-order valence-corrected chi connectivity index (χ0v) is 16.2. The lowest BCUT2D eigenvalue weighted by Gasteiger charge is -2.26. The van der Waals surface area contributed by atoms with Gasteiger partial charge in [-0.25, -0.2) is 4.79 Å². The third kappa shape index (κ3) is 8.65. The minimum atomic E-state index is -1.09. The summed E-state index contributed by atoms with van der Waals surface area (Å²) >= 11 is 0. The molecule has 0 fully saturated rings. The zero-order valence-electron chi connectivity index (χ0n) is 16.2. The van der Waals surface area contributed by atoms with E-state index < -0.39 is 28.9 Å². The van der Waals surface area contributed by atoms with Crippen LogP contribution in [0, 0.1) is 5.41 Å². The van der Waals surface area contributed by atoms with Crippen molar-refractivity contribution in [2.75, 3.05) is 0 Å². The highest BCUT2D eigenvalue weighted by atomic mass is 16.6. The molecule has 0 aromatic heterocycles. The van der Waals surface area contributed by atoms with Gasteiger partial charge in [0.25, 0.3) is 0 Å². The number of carboxylic acid groups (broad SMARTS) is 1. The van der Waals surface area contributed by atoms with E-state index in [4.69, 9.17) is 4.74 Å². The first-order valence-electron chi connectivity index (χ1n) is 8.66. The SMILES string of the molecule is CC(C)(CC(=O)N[C@@H](Cc1ccccc1)C(=O)O)CC(=O)OC(C)(C)C. The molecule has 6 heteroatoms. The molecule has 0 spiro atoms. The summed E-state index contributed by atoms with van der Waals surface area (Å²) in [6.45, 7) is 8.91. The summed E-state index contributed by atoms with van der Waals surface area (Å²) in [7, 11) is 0. The van der Waals surface area contributed by atoms with Crippen LogP contribution in [0.3, 0.4) is 0 Å². The van der Waals surface area contributed by atoms with Crippen LogP contribution in [0.4, 0.5) is 0 Å². The van der Waals surface area contributed by atoms with Gasteiger partial charge in [-0.05, 0) is 31.7 Å². The van der Waals surface area contributed by atoms with Crippen molar-refractivity contribution in [3.8, 4) is 0 Å². The van der Waals surface area contributed by atoms with Crippen LogP contribution < -0.4 is 5.32 Å². The third-order valence-corrected chi connectivity index (χ3v) is 3.60. The molecular formula is C20H29NO5. The highest BCUT2D eigenvalue weighted by molar-refractivity contribution is 5.84. The van der Waals surface area contributed by atoms with Crippen molar-refractivity contribution in [1.82, 2.24) is 5.32 Å². The number of benzene rings is 1. The van der Waals surface area contributed by atoms with Crippen LogP contribution in [0.1, 0.15) is 53.0 Å². The molecule has 0 saturated carbocycles. The minimum Gasteiger partial charge on any atom is -0.480 e. The molecule has 26 heavy (non-hydrogen) atoms. The number of rotatable bonds is 8. The fourth-order valence-electron chi connectivity index (χ4n) is 2.56. The summed E-state index contributed by atoms with van der Waals surface area (Å²) in [4.78, 5) is 35.7. The number of nitrogens with one attached hydrogen (secondary N) is 1. The van der Waals surface area contributed by atoms with Gasteiger partial charge in [0.15, 0.2) is 0 Å². The molecule has 1 atom stereocenters. The molecule has 0 radical (unpaired) electrons. The van der Waals surface area contributed by atoms with E-state index in [2.05, 4.69) is 5.32 Å². The first-order valence-corrected chi connectivity index (χ1v) is 8.66. The lowest BCUT2D eigenvalue weighted by atomic mass is 9.85. The maximum absolute atomic E-state index is 12.3. The lowest BCUT2D eigenvalue weighted by Crippen LogP contribution is -2.43. The van der Waals surface area contributed by atoms with Crippen molar-refractivity contribution in [3.63, 3.8) is 0 Å². The van der Waals surface area contributed by atoms with E-state index in [0.717, 1.165) is 5.56 Å². The van der Waals surface area contributed by atoms with Crippen LogP contribution in [0.25, 0.3) is 0 Å². The van der Waals surface area contributed by atoms with E-state index in [1.807, 2.05) is 30.3 Å². The molecule has 0 aliphatic carbocycles. The molecule has 0 aliphatic heterocycles. The van der Waals surface area contributed by atoms with Gasteiger partial charge in [-0.1, -0.05) is 44.2 Å². The number of hydrogen-bond acceptors (Lipinski definition) is 4. The first kappa shape index (κ1) is 21.7. The Balaban J connectivity index is 2.63. The van der Waals surface area contributed by atoms with Crippen molar-refractivity contribution in [1.29, 1.82) is 0 Å². The second-order valence-electron chi connectivity index (χ2n) is 8.25. The lowest BCUT2D eigenvalue weighted by molar-refractivity contribution is -0.157. The van der Waals surface area contributed by atoms with Crippen LogP contribution in [-0.4, -0.2) is 34.6 Å². The minimum absolute atomic E-state index is 0.0326. The van der Waals surface area contributed by atoms with Crippen molar-refractivity contribution < 1.29 is 24.2 Å². The molecule has 1 aromatic rings. The molecule has 6 nitrogen and oxygen atoms in total. The zero-order chi connectivity index (χ0) is 20.0.